The van der Waals surface area contributed by atoms with Gasteiger partial charge in [0.25, 0.3) is 0 Å². The van der Waals surface area contributed by atoms with Crippen LogP contribution in [0.3, 0.4) is 0 Å². The molecule has 98 valence electrons. The lowest BCUT2D eigenvalue weighted by molar-refractivity contribution is 0.316. The summed E-state index contributed by atoms with van der Waals surface area (Å²) in [5.41, 5.74) is 7.83. The Morgan fingerprint density at radius 2 is 2.16 bits per heavy atom. The molecule has 1 atom stereocenters. The molecular weight excluding hydrogens is 256 g/mol. The van der Waals surface area contributed by atoms with Gasteiger partial charge in [0, 0.05) is 16.7 Å². The molecule has 2 heterocycles. The number of hydrogen-bond donors (Lipinski definition) is 1. The van der Waals surface area contributed by atoms with E-state index >= 15 is 0 Å². The largest absolute Gasteiger partial charge is 0.491 e. The molecule has 0 saturated heterocycles. The molecule has 1 aromatic heterocycles. The average Bonchev–Trinajstić information content (AvgIpc) is 2.88. The van der Waals surface area contributed by atoms with Crippen LogP contribution in [-0.2, 0) is 13.0 Å². The number of hydrogen-bond acceptors (Lipinski definition) is 4. The van der Waals surface area contributed by atoms with E-state index in [1.165, 1.54) is 10.5 Å². The third-order valence-electron chi connectivity index (χ3n) is 3.16. The maximum Gasteiger partial charge on any atom is 0.137 e. The van der Waals surface area contributed by atoms with Gasteiger partial charge < -0.3 is 10.5 Å². The number of ether oxygens (including phenoxy) is 1. The maximum atomic E-state index is 5.80. The van der Waals surface area contributed by atoms with Crippen LogP contribution in [0.1, 0.15) is 11.3 Å². The molecule has 1 aliphatic heterocycles. The van der Waals surface area contributed by atoms with Crippen LogP contribution >= 0.6 is 11.8 Å². The van der Waals surface area contributed by atoms with E-state index in [1.807, 2.05) is 23.9 Å². The van der Waals surface area contributed by atoms with E-state index in [4.69, 9.17) is 10.5 Å². The highest BCUT2D eigenvalue weighted by atomic mass is 32.2. The standard InChI is InChI=1S/C15H16N2OS/c16-8-12-5-6-13(9-17-12)18-10-14-7-11-3-1-2-4-15(11)19-14/h1-6,9,14H,7-8,10,16H2. The fourth-order valence-corrected chi connectivity index (χ4v) is 3.37. The molecule has 1 aliphatic rings. The molecule has 4 heteroatoms. The van der Waals surface area contributed by atoms with Crippen molar-refractivity contribution in [1.29, 1.82) is 0 Å². The quantitative estimate of drug-likeness (QED) is 0.929. The lowest BCUT2D eigenvalue weighted by atomic mass is 10.1. The van der Waals surface area contributed by atoms with E-state index in [0.29, 0.717) is 18.4 Å². The summed E-state index contributed by atoms with van der Waals surface area (Å²) in [4.78, 5) is 5.61. The summed E-state index contributed by atoms with van der Waals surface area (Å²) in [6.07, 6.45) is 2.82. The first-order valence-corrected chi connectivity index (χ1v) is 7.25. The van der Waals surface area contributed by atoms with Crippen molar-refractivity contribution >= 4 is 11.8 Å². The van der Waals surface area contributed by atoms with Crippen LogP contribution in [0.25, 0.3) is 0 Å². The first kappa shape index (κ1) is 12.5. The molecule has 2 N–H and O–H groups in total. The number of pyridine rings is 1. The van der Waals surface area contributed by atoms with E-state index in [2.05, 4.69) is 29.2 Å². The minimum absolute atomic E-state index is 0.466. The number of aromatic nitrogens is 1. The maximum absolute atomic E-state index is 5.80. The molecule has 0 radical (unpaired) electrons. The van der Waals surface area contributed by atoms with Crippen molar-refractivity contribution < 1.29 is 4.74 Å². The number of fused-ring (bicyclic) bond motifs is 1. The summed E-state index contributed by atoms with van der Waals surface area (Å²) >= 11 is 1.90. The van der Waals surface area contributed by atoms with Gasteiger partial charge in [0.05, 0.1) is 11.9 Å². The van der Waals surface area contributed by atoms with Gasteiger partial charge in [-0.3, -0.25) is 4.98 Å². The molecule has 0 amide bonds. The van der Waals surface area contributed by atoms with Crippen molar-refractivity contribution in [2.75, 3.05) is 6.61 Å². The van der Waals surface area contributed by atoms with E-state index in [0.717, 1.165) is 17.9 Å². The third kappa shape index (κ3) is 2.91. The smallest absolute Gasteiger partial charge is 0.137 e. The molecule has 0 saturated carbocycles. The van der Waals surface area contributed by atoms with Gasteiger partial charge >= 0.3 is 0 Å². The van der Waals surface area contributed by atoms with E-state index in [9.17, 15) is 0 Å². The summed E-state index contributed by atoms with van der Waals surface area (Å²) in [5.74, 6) is 0.814. The lowest BCUT2D eigenvalue weighted by Gasteiger charge is -2.10. The molecule has 3 nitrogen and oxygen atoms in total. The molecule has 0 spiro atoms. The molecule has 1 unspecified atom stereocenters. The van der Waals surface area contributed by atoms with Crippen LogP contribution in [0.15, 0.2) is 47.5 Å². The molecule has 2 aromatic rings. The number of nitrogens with zero attached hydrogens (tertiary/aromatic N) is 1. The molecule has 0 bridgehead atoms. The molecule has 3 rings (SSSR count). The van der Waals surface area contributed by atoms with Gasteiger partial charge in [0.15, 0.2) is 0 Å². The molecule has 1 aromatic carbocycles. The second-order valence-corrected chi connectivity index (χ2v) is 5.89. The Balaban J connectivity index is 1.56. The zero-order valence-electron chi connectivity index (χ0n) is 10.6. The Labute approximate surface area is 117 Å². The van der Waals surface area contributed by atoms with Crippen molar-refractivity contribution in [2.24, 2.45) is 5.73 Å². The Hall–Kier alpha value is -1.52. The zero-order valence-corrected chi connectivity index (χ0v) is 11.4. The number of nitrogens with two attached hydrogens (primary N) is 1. The van der Waals surface area contributed by atoms with Gasteiger partial charge in [0.2, 0.25) is 0 Å². The second kappa shape index (κ2) is 5.63. The molecular formula is C15H16N2OS. The normalized spacial score (nSPS) is 17.2. The number of benzene rings is 1. The number of rotatable bonds is 4. The predicted molar refractivity (Wildman–Crippen MR) is 77.4 cm³/mol. The van der Waals surface area contributed by atoms with Crippen LogP contribution in [0, 0.1) is 0 Å². The SMILES string of the molecule is NCc1ccc(OCC2Cc3ccccc3S2)cn1. The van der Waals surface area contributed by atoms with Gasteiger partial charge in [-0.05, 0) is 30.2 Å². The van der Waals surface area contributed by atoms with Crippen LogP contribution in [0.4, 0.5) is 0 Å². The van der Waals surface area contributed by atoms with Crippen LogP contribution in [0.2, 0.25) is 0 Å². The average molecular weight is 272 g/mol. The highest BCUT2D eigenvalue weighted by Gasteiger charge is 2.22. The fraction of sp³-hybridized carbons (Fsp3) is 0.267. The number of thioether (sulfide) groups is 1. The Kier molecular flexibility index (Phi) is 3.71. The van der Waals surface area contributed by atoms with E-state index in [1.54, 1.807) is 6.20 Å². The Bertz CT molecular complexity index is 531. The minimum atomic E-state index is 0.466. The fourth-order valence-electron chi connectivity index (χ4n) is 2.15. The van der Waals surface area contributed by atoms with Gasteiger partial charge in [-0.25, -0.2) is 0 Å². The summed E-state index contributed by atoms with van der Waals surface area (Å²) in [6, 6.07) is 12.4. The van der Waals surface area contributed by atoms with Crippen molar-refractivity contribution in [1.82, 2.24) is 4.98 Å². The molecule has 0 aliphatic carbocycles. The molecule has 19 heavy (non-hydrogen) atoms. The predicted octanol–water partition coefficient (Wildman–Crippen LogP) is 2.64. The van der Waals surface area contributed by atoms with Crippen molar-refractivity contribution in [3.05, 3.63) is 53.9 Å². The first-order chi connectivity index (χ1) is 9.35. The highest BCUT2D eigenvalue weighted by Crippen LogP contribution is 2.36. The summed E-state index contributed by atoms with van der Waals surface area (Å²) < 4.78 is 5.80. The highest BCUT2D eigenvalue weighted by molar-refractivity contribution is 8.00. The van der Waals surface area contributed by atoms with Crippen LogP contribution in [-0.4, -0.2) is 16.8 Å². The van der Waals surface area contributed by atoms with Crippen molar-refractivity contribution in [3.63, 3.8) is 0 Å². The lowest BCUT2D eigenvalue weighted by Crippen LogP contribution is -2.13. The Morgan fingerprint density at radius 3 is 2.89 bits per heavy atom. The third-order valence-corrected chi connectivity index (χ3v) is 4.44. The van der Waals surface area contributed by atoms with Crippen molar-refractivity contribution in [2.45, 2.75) is 23.1 Å². The van der Waals surface area contributed by atoms with Crippen LogP contribution < -0.4 is 10.5 Å². The summed E-state index contributed by atoms with van der Waals surface area (Å²) in [5, 5.41) is 0.492. The first-order valence-electron chi connectivity index (χ1n) is 6.37. The van der Waals surface area contributed by atoms with Gasteiger partial charge in [-0.1, -0.05) is 18.2 Å². The summed E-state index contributed by atoms with van der Waals surface area (Å²) in [6.45, 7) is 1.18. The monoisotopic (exact) mass is 272 g/mol. The topological polar surface area (TPSA) is 48.1 Å². The Morgan fingerprint density at radius 1 is 1.26 bits per heavy atom. The molecule has 0 fully saturated rings. The van der Waals surface area contributed by atoms with Gasteiger partial charge in [-0.15, -0.1) is 11.8 Å². The van der Waals surface area contributed by atoms with E-state index in [-0.39, 0.29) is 0 Å². The van der Waals surface area contributed by atoms with Gasteiger partial charge in [-0.2, -0.15) is 0 Å². The van der Waals surface area contributed by atoms with Gasteiger partial charge in [0.1, 0.15) is 12.4 Å². The minimum Gasteiger partial charge on any atom is -0.491 e. The van der Waals surface area contributed by atoms with Crippen LogP contribution in [0.5, 0.6) is 5.75 Å². The second-order valence-electron chi connectivity index (χ2n) is 4.55. The zero-order chi connectivity index (χ0) is 13.1. The van der Waals surface area contributed by atoms with E-state index < -0.39 is 0 Å². The van der Waals surface area contributed by atoms with Crippen molar-refractivity contribution in [3.8, 4) is 5.75 Å². The summed E-state index contributed by atoms with van der Waals surface area (Å²) in [7, 11) is 0.